The highest BCUT2D eigenvalue weighted by Gasteiger charge is 2.28. The molecule has 1 atom stereocenters. The number of nitrogens with zero attached hydrogens (tertiary/aromatic N) is 3. The molecule has 1 fully saturated rings. The Morgan fingerprint density at radius 3 is 2.65 bits per heavy atom. The fraction of sp³-hybridized carbons (Fsp3) is 0.520. The SMILES string of the molecule is CCC(CC)(CNC(=NC)NCc1ccnc(N2CCOC(C)C2)c1)c1ccccc1. The third-order valence-electron chi connectivity index (χ3n) is 6.39. The van der Waals surface area contributed by atoms with E-state index in [1.807, 2.05) is 13.2 Å². The van der Waals surface area contributed by atoms with E-state index in [-0.39, 0.29) is 11.5 Å². The molecule has 0 amide bonds. The Labute approximate surface area is 187 Å². The minimum atomic E-state index is 0.0930. The van der Waals surface area contributed by atoms with Gasteiger partial charge in [0.25, 0.3) is 0 Å². The van der Waals surface area contributed by atoms with E-state index in [1.165, 1.54) is 11.1 Å². The number of nitrogens with one attached hydrogen (secondary N) is 2. The van der Waals surface area contributed by atoms with Gasteiger partial charge in [-0.1, -0.05) is 44.2 Å². The third kappa shape index (κ3) is 5.97. The Hall–Kier alpha value is -2.60. The molecular formula is C25H37N5O. The molecule has 6 heteroatoms. The summed E-state index contributed by atoms with van der Waals surface area (Å²) < 4.78 is 5.65. The minimum absolute atomic E-state index is 0.0930. The second-order valence-electron chi connectivity index (χ2n) is 8.28. The standard InChI is InChI=1S/C25H37N5O/c1-5-25(6-2,22-10-8-7-9-11-22)19-29-24(26-4)28-17-21-12-13-27-23(16-21)30-14-15-31-20(3)18-30/h7-13,16,20H,5-6,14-15,17-19H2,1-4H3,(H2,26,28,29). The molecule has 0 spiro atoms. The van der Waals surface area contributed by atoms with Crippen LogP contribution in [0, 0.1) is 0 Å². The first-order valence-electron chi connectivity index (χ1n) is 11.4. The zero-order valence-corrected chi connectivity index (χ0v) is 19.4. The highest BCUT2D eigenvalue weighted by atomic mass is 16.5. The summed E-state index contributed by atoms with van der Waals surface area (Å²) in [6.45, 7) is 10.7. The summed E-state index contributed by atoms with van der Waals surface area (Å²) in [6.07, 6.45) is 4.27. The number of ether oxygens (including phenoxy) is 1. The molecule has 1 unspecified atom stereocenters. The fourth-order valence-corrected chi connectivity index (χ4v) is 4.23. The first-order chi connectivity index (χ1) is 15.1. The summed E-state index contributed by atoms with van der Waals surface area (Å²) >= 11 is 0. The van der Waals surface area contributed by atoms with Crippen molar-refractivity contribution in [2.24, 2.45) is 4.99 Å². The summed E-state index contributed by atoms with van der Waals surface area (Å²) in [6, 6.07) is 15.0. The predicted molar refractivity (Wildman–Crippen MR) is 129 cm³/mol. The van der Waals surface area contributed by atoms with Crippen molar-refractivity contribution in [3.63, 3.8) is 0 Å². The summed E-state index contributed by atoms with van der Waals surface area (Å²) in [5.41, 5.74) is 2.66. The molecule has 168 valence electrons. The average molecular weight is 424 g/mol. The zero-order chi connectivity index (χ0) is 22.1. The Morgan fingerprint density at radius 2 is 1.97 bits per heavy atom. The van der Waals surface area contributed by atoms with E-state index >= 15 is 0 Å². The van der Waals surface area contributed by atoms with Gasteiger partial charge in [-0.3, -0.25) is 4.99 Å². The summed E-state index contributed by atoms with van der Waals surface area (Å²) in [7, 11) is 1.82. The quantitative estimate of drug-likeness (QED) is 0.500. The van der Waals surface area contributed by atoms with Gasteiger partial charge < -0.3 is 20.3 Å². The molecule has 0 bridgehead atoms. The van der Waals surface area contributed by atoms with Gasteiger partial charge in [-0.05, 0) is 43.0 Å². The molecule has 0 saturated carbocycles. The highest BCUT2D eigenvalue weighted by Crippen LogP contribution is 2.30. The maximum atomic E-state index is 5.65. The van der Waals surface area contributed by atoms with Crippen LogP contribution in [0.4, 0.5) is 5.82 Å². The topological polar surface area (TPSA) is 61.8 Å². The van der Waals surface area contributed by atoms with Crippen LogP contribution in [0.1, 0.15) is 44.7 Å². The van der Waals surface area contributed by atoms with Crippen LogP contribution in [-0.4, -0.2) is 50.3 Å². The number of guanidine groups is 1. The Kier molecular flexibility index (Phi) is 8.29. The van der Waals surface area contributed by atoms with Crippen LogP contribution in [0.2, 0.25) is 0 Å². The van der Waals surface area contributed by atoms with Crippen LogP contribution in [0.5, 0.6) is 0 Å². The van der Waals surface area contributed by atoms with Crippen molar-refractivity contribution in [2.75, 3.05) is 38.2 Å². The van der Waals surface area contributed by atoms with Gasteiger partial charge in [-0.15, -0.1) is 0 Å². The van der Waals surface area contributed by atoms with E-state index in [0.29, 0.717) is 6.54 Å². The van der Waals surface area contributed by atoms with Crippen LogP contribution in [-0.2, 0) is 16.7 Å². The maximum absolute atomic E-state index is 5.65. The molecule has 1 saturated heterocycles. The first-order valence-corrected chi connectivity index (χ1v) is 11.4. The van der Waals surface area contributed by atoms with Gasteiger partial charge in [-0.25, -0.2) is 4.98 Å². The normalized spacial score (nSPS) is 17.5. The predicted octanol–water partition coefficient (Wildman–Crippen LogP) is 3.73. The van der Waals surface area contributed by atoms with Gasteiger partial charge in [0.15, 0.2) is 5.96 Å². The Balaban J connectivity index is 1.60. The number of rotatable bonds is 8. The number of anilines is 1. The van der Waals surface area contributed by atoms with Crippen molar-refractivity contribution in [1.29, 1.82) is 0 Å². The molecule has 0 radical (unpaired) electrons. The monoisotopic (exact) mass is 423 g/mol. The molecule has 2 heterocycles. The number of aliphatic imine (C=N–C) groups is 1. The highest BCUT2D eigenvalue weighted by molar-refractivity contribution is 5.79. The van der Waals surface area contributed by atoms with E-state index < -0.39 is 0 Å². The van der Waals surface area contributed by atoms with Crippen molar-refractivity contribution in [3.8, 4) is 0 Å². The van der Waals surface area contributed by atoms with Gasteiger partial charge in [0.05, 0.1) is 12.7 Å². The van der Waals surface area contributed by atoms with Crippen LogP contribution in [0.15, 0.2) is 53.7 Å². The number of aromatic nitrogens is 1. The van der Waals surface area contributed by atoms with E-state index in [4.69, 9.17) is 4.74 Å². The molecule has 1 aromatic heterocycles. The second kappa shape index (κ2) is 11.1. The lowest BCUT2D eigenvalue weighted by atomic mass is 9.76. The lowest BCUT2D eigenvalue weighted by Crippen LogP contribution is -2.45. The van der Waals surface area contributed by atoms with Crippen molar-refractivity contribution in [1.82, 2.24) is 15.6 Å². The summed E-state index contributed by atoms with van der Waals surface area (Å²) in [5.74, 6) is 1.83. The van der Waals surface area contributed by atoms with Gasteiger partial charge >= 0.3 is 0 Å². The molecule has 6 nitrogen and oxygen atoms in total. The zero-order valence-electron chi connectivity index (χ0n) is 19.4. The molecule has 3 rings (SSSR count). The van der Waals surface area contributed by atoms with Crippen molar-refractivity contribution < 1.29 is 4.74 Å². The summed E-state index contributed by atoms with van der Waals surface area (Å²) in [4.78, 5) is 11.3. The number of pyridine rings is 1. The van der Waals surface area contributed by atoms with Gasteiger partial charge in [0.1, 0.15) is 5.82 Å². The largest absolute Gasteiger partial charge is 0.375 e. The molecule has 31 heavy (non-hydrogen) atoms. The maximum Gasteiger partial charge on any atom is 0.191 e. The van der Waals surface area contributed by atoms with Gasteiger partial charge in [0.2, 0.25) is 0 Å². The van der Waals surface area contributed by atoms with Crippen molar-refractivity contribution in [3.05, 3.63) is 59.8 Å². The Bertz CT molecular complexity index is 835. The molecule has 0 aliphatic carbocycles. The van der Waals surface area contributed by atoms with Gasteiger partial charge in [0, 0.05) is 44.8 Å². The molecule has 1 aliphatic rings. The van der Waals surface area contributed by atoms with Crippen molar-refractivity contribution in [2.45, 2.75) is 51.7 Å². The van der Waals surface area contributed by atoms with E-state index in [0.717, 1.165) is 50.9 Å². The van der Waals surface area contributed by atoms with Crippen molar-refractivity contribution >= 4 is 11.8 Å². The Morgan fingerprint density at radius 1 is 1.19 bits per heavy atom. The smallest absolute Gasteiger partial charge is 0.191 e. The first kappa shape index (κ1) is 23.1. The van der Waals surface area contributed by atoms with E-state index in [2.05, 4.69) is 88.7 Å². The van der Waals surface area contributed by atoms with Crippen LogP contribution in [0.25, 0.3) is 0 Å². The van der Waals surface area contributed by atoms with Crippen LogP contribution >= 0.6 is 0 Å². The van der Waals surface area contributed by atoms with E-state index in [9.17, 15) is 0 Å². The molecule has 1 aliphatic heterocycles. The third-order valence-corrected chi connectivity index (χ3v) is 6.39. The second-order valence-corrected chi connectivity index (χ2v) is 8.28. The average Bonchev–Trinajstić information content (AvgIpc) is 2.82. The number of hydrogen-bond donors (Lipinski definition) is 2. The van der Waals surface area contributed by atoms with Gasteiger partial charge in [-0.2, -0.15) is 0 Å². The minimum Gasteiger partial charge on any atom is -0.375 e. The number of hydrogen-bond acceptors (Lipinski definition) is 4. The number of benzene rings is 1. The molecule has 2 aromatic rings. The summed E-state index contributed by atoms with van der Waals surface area (Å²) in [5, 5.41) is 7.03. The van der Waals surface area contributed by atoms with Crippen LogP contribution < -0.4 is 15.5 Å². The molecule has 2 N–H and O–H groups in total. The lowest BCUT2D eigenvalue weighted by molar-refractivity contribution is 0.0529. The molecule has 1 aromatic carbocycles. The van der Waals surface area contributed by atoms with E-state index in [1.54, 1.807) is 0 Å². The fourth-order valence-electron chi connectivity index (χ4n) is 4.23. The number of morpholine rings is 1. The molecular weight excluding hydrogens is 386 g/mol. The van der Waals surface area contributed by atoms with Crippen LogP contribution in [0.3, 0.4) is 0 Å². The lowest BCUT2D eigenvalue weighted by Gasteiger charge is -2.33.